The maximum absolute atomic E-state index is 6.62. The van der Waals surface area contributed by atoms with E-state index in [1.54, 1.807) is 0 Å². The summed E-state index contributed by atoms with van der Waals surface area (Å²) in [7, 11) is 0. The summed E-state index contributed by atoms with van der Waals surface area (Å²) in [6.45, 7) is 3.63. The maximum atomic E-state index is 6.62. The van der Waals surface area contributed by atoms with E-state index in [0.717, 1.165) is 11.1 Å². The molecule has 3 heterocycles. The van der Waals surface area contributed by atoms with Crippen LogP contribution in [-0.2, 0) is 37.9 Å². The Labute approximate surface area is 258 Å². The second-order valence-electron chi connectivity index (χ2n) is 10.5. The van der Waals surface area contributed by atoms with Crippen LogP contribution in [0.4, 0.5) is 0 Å². The lowest BCUT2D eigenvalue weighted by molar-refractivity contribution is -0.340. The van der Waals surface area contributed by atoms with Gasteiger partial charge in [0.25, 0.3) is 0 Å². The van der Waals surface area contributed by atoms with Gasteiger partial charge < -0.3 is 47.4 Å². The lowest BCUT2D eigenvalue weighted by Crippen LogP contribution is -2.57. The molecule has 10 heteroatoms. The Kier molecular flexibility index (Phi) is 11.5. The van der Waals surface area contributed by atoms with Gasteiger partial charge in [0.1, 0.15) is 37.6 Å². The van der Waals surface area contributed by atoms with Gasteiger partial charge >= 0.3 is 0 Å². The Morgan fingerprint density at radius 2 is 0.818 bits per heavy atom. The molecule has 3 aliphatic rings. The van der Waals surface area contributed by atoms with Gasteiger partial charge in [0.2, 0.25) is 0 Å². The standard InChI is InChI=1S/C34H40O10/c1-3-9-25(10-4-1)33-41-23-29-31(43-33)32-30(24-42-34(44-32)26-11-5-2-6-12-26)40-22-18-36-16-20-38-28-14-8-7-13-27(28)37-19-15-35-17-21-39-29/h1-14,29-34H,15-24H2/t29-,30-,31-,32-,33-,34-/m1/s1. The number of hydrogen-bond acceptors (Lipinski definition) is 10. The number of benzene rings is 3. The van der Waals surface area contributed by atoms with E-state index in [9.17, 15) is 0 Å². The average Bonchev–Trinajstić information content (AvgIpc) is 3.08. The molecule has 3 aliphatic heterocycles. The van der Waals surface area contributed by atoms with Gasteiger partial charge in [-0.2, -0.15) is 0 Å². The van der Waals surface area contributed by atoms with Gasteiger partial charge in [0.05, 0.1) is 52.9 Å². The highest BCUT2D eigenvalue weighted by atomic mass is 16.7. The first-order valence-electron chi connectivity index (χ1n) is 15.2. The summed E-state index contributed by atoms with van der Waals surface area (Å²) in [5.41, 5.74) is 1.84. The van der Waals surface area contributed by atoms with Crippen LogP contribution < -0.4 is 9.47 Å². The van der Waals surface area contributed by atoms with Crippen LogP contribution in [0.1, 0.15) is 23.7 Å². The molecular weight excluding hydrogens is 568 g/mol. The third-order valence-corrected chi connectivity index (χ3v) is 7.52. The largest absolute Gasteiger partial charge is 0.487 e. The molecule has 6 atom stereocenters. The van der Waals surface area contributed by atoms with Crippen LogP contribution in [0.2, 0.25) is 0 Å². The van der Waals surface area contributed by atoms with Crippen molar-refractivity contribution in [2.24, 2.45) is 0 Å². The molecule has 0 aliphatic carbocycles. The van der Waals surface area contributed by atoms with Crippen LogP contribution >= 0.6 is 0 Å². The van der Waals surface area contributed by atoms with Crippen LogP contribution in [0.15, 0.2) is 84.9 Å². The van der Waals surface area contributed by atoms with Crippen molar-refractivity contribution in [3.05, 3.63) is 96.1 Å². The fourth-order valence-corrected chi connectivity index (χ4v) is 5.36. The van der Waals surface area contributed by atoms with Crippen molar-refractivity contribution in [2.75, 3.05) is 66.1 Å². The molecular formula is C34H40O10. The SMILES string of the molecule is c1ccc([C@@H]2OC[C@H]3OCCOCCOc4ccccc4OCCOCCO[C@@H]4CO[C@@H](c5ccccc5)O[C@H]4[C@@H]3O2)cc1. The van der Waals surface area contributed by atoms with Gasteiger partial charge in [-0.1, -0.05) is 72.8 Å². The van der Waals surface area contributed by atoms with Crippen LogP contribution in [0.25, 0.3) is 0 Å². The third kappa shape index (κ3) is 8.35. The minimum Gasteiger partial charge on any atom is -0.487 e. The van der Waals surface area contributed by atoms with Crippen LogP contribution in [0, 0.1) is 0 Å². The lowest BCUT2D eigenvalue weighted by Gasteiger charge is -2.45. The molecule has 0 aromatic heterocycles. The molecule has 6 rings (SSSR count). The molecule has 236 valence electrons. The molecule has 2 saturated heterocycles. The fraction of sp³-hybridized carbons (Fsp3) is 0.471. The number of ether oxygens (including phenoxy) is 10. The van der Waals surface area contributed by atoms with E-state index in [1.807, 2.05) is 84.9 Å². The lowest BCUT2D eigenvalue weighted by atomic mass is 10.00. The average molecular weight is 609 g/mol. The quantitative estimate of drug-likeness (QED) is 0.415. The molecule has 3 aromatic rings. The van der Waals surface area contributed by atoms with Crippen molar-refractivity contribution in [1.82, 2.24) is 0 Å². The Balaban J connectivity index is 1.18. The van der Waals surface area contributed by atoms with Gasteiger partial charge in [-0.05, 0) is 12.1 Å². The molecule has 0 bridgehead atoms. The van der Waals surface area contributed by atoms with Gasteiger partial charge in [0, 0.05) is 11.1 Å². The van der Waals surface area contributed by atoms with Crippen LogP contribution in [0.3, 0.4) is 0 Å². The number of para-hydroxylation sites is 2. The topological polar surface area (TPSA) is 92.3 Å². The van der Waals surface area contributed by atoms with E-state index >= 15 is 0 Å². The van der Waals surface area contributed by atoms with Crippen molar-refractivity contribution >= 4 is 0 Å². The maximum Gasteiger partial charge on any atom is 0.184 e. The summed E-state index contributed by atoms with van der Waals surface area (Å²) >= 11 is 0. The summed E-state index contributed by atoms with van der Waals surface area (Å²) in [6, 6.07) is 27.3. The minimum absolute atomic E-state index is 0.316. The zero-order valence-electron chi connectivity index (χ0n) is 24.7. The Morgan fingerprint density at radius 1 is 0.409 bits per heavy atom. The molecule has 44 heavy (non-hydrogen) atoms. The molecule has 3 aromatic carbocycles. The predicted molar refractivity (Wildman–Crippen MR) is 159 cm³/mol. The molecule has 10 nitrogen and oxygen atoms in total. The first-order chi connectivity index (χ1) is 21.8. The minimum atomic E-state index is -0.575. The summed E-state index contributed by atoms with van der Waals surface area (Å²) in [5.74, 6) is 1.32. The van der Waals surface area contributed by atoms with E-state index < -0.39 is 37.0 Å². The van der Waals surface area contributed by atoms with Crippen molar-refractivity contribution in [3.63, 3.8) is 0 Å². The molecule has 0 saturated carbocycles. The normalized spacial score (nSPS) is 29.5. The van der Waals surface area contributed by atoms with Crippen molar-refractivity contribution in [2.45, 2.75) is 37.0 Å². The molecule has 2 fully saturated rings. The number of rotatable bonds is 2. The monoisotopic (exact) mass is 608 g/mol. The fourth-order valence-electron chi connectivity index (χ4n) is 5.36. The molecule has 0 spiro atoms. The molecule has 0 N–H and O–H groups in total. The number of hydrogen-bond donors (Lipinski definition) is 0. The highest BCUT2D eigenvalue weighted by Gasteiger charge is 2.46. The zero-order chi connectivity index (χ0) is 29.8. The third-order valence-electron chi connectivity index (χ3n) is 7.52. The van der Waals surface area contributed by atoms with E-state index in [1.165, 1.54) is 0 Å². The summed E-state index contributed by atoms with van der Waals surface area (Å²) in [6.07, 6.45) is -3.01. The zero-order valence-corrected chi connectivity index (χ0v) is 24.7. The molecule has 0 radical (unpaired) electrons. The van der Waals surface area contributed by atoms with Crippen LogP contribution in [-0.4, -0.2) is 90.5 Å². The van der Waals surface area contributed by atoms with E-state index in [4.69, 9.17) is 47.4 Å². The highest BCUT2D eigenvalue weighted by Crippen LogP contribution is 2.36. The van der Waals surface area contributed by atoms with E-state index in [-0.39, 0.29) is 0 Å². The van der Waals surface area contributed by atoms with Crippen molar-refractivity contribution in [3.8, 4) is 11.5 Å². The number of fused-ring (bicyclic) bond motifs is 4. The van der Waals surface area contributed by atoms with E-state index in [0.29, 0.717) is 77.6 Å². The van der Waals surface area contributed by atoms with Crippen molar-refractivity contribution < 1.29 is 47.4 Å². The Hall–Kier alpha value is -3.06. The first kappa shape index (κ1) is 30.9. The molecule has 0 amide bonds. The summed E-state index contributed by atoms with van der Waals surface area (Å²) in [4.78, 5) is 0. The summed E-state index contributed by atoms with van der Waals surface area (Å²) in [5, 5.41) is 0. The smallest absolute Gasteiger partial charge is 0.184 e. The molecule has 0 unspecified atom stereocenters. The second-order valence-corrected chi connectivity index (χ2v) is 10.5. The highest BCUT2D eigenvalue weighted by molar-refractivity contribution is 5.39. The van der Waals surface area contributed by atoms with Gasteiger partial charge in [0.15, 0.2) is 24.1 Å². The van der Waals surface area contributed by atoms with Gasteiger partial charge in [-0.3, -0.25) is 0 Å². The summed E-state index contributed by atoms with van der Waals surface area (Å²) < 4.78 is 61.6. The Bertz CT molecular complexity index is 1150. The Morgan fingerprint density at radius 3 is 1.27 bits per heavy atom. The van der Waals surface area contributed by atoms with Crippen molar-refractivity contribution in [1.29, 1.82) is 0 Å². The van der Waals surface area contributed by atoms with Gasteiger partial charge in [-0.25, -0.2) is 0 Å². The predicted octanol–water partition coefficient (Wildman–Crippen LogP) is 4.49. The van der Waals surface area contributed by atoms with Crippen LogP contribution in [0.5, 0.6) is 11.5 Å². The first-order valence-corrected chi connectivity index (χ1v) is 15.2. The second kappa shape index (κ2) is 16.3. The van der Waals surface area contributed by atoms with E-state index in [2.05, 4.69) is 0 Å². The van der Waals surface area contributed by atoms with Gasteiger partial charge in [-0.15, -0.1) is 0 Å².